The van der Waals surface area contributed by atoms with Crippen LogP contribution in [0.25, 0.3) is 22.2 Å². The average molecular weight is 541 g/mol. The highest BCUT2D eigenvalue weighted by molar-refractivity contribution is 5.96. The number of fused-ring (bicyclic) bond motifs is 1. The zero-order chi connectivity index (χ0) is 27.8. The molecule has 0 bridgehead atoms. The number of hydrogen-bond donors (Lipinski definition) is 3. The molecule has 206 valence electrons. The summed E-state index contributed by atoms with van der Waals surface area (Å²) in [5, 5.41) is 33.6. The molecule has 1 amide bonds. The monoisotopic (exact) mass is 540 g/mol. The first-order valence-electron chi connectivity index (χ1n) is 13.8. The Hall–Kier alpha value is -4.58. The molecule has 0 spiro atoms. The normalized spacial score (nSPS) is 15.8. The van der Waals surface area contributed by atoms with Gasteiger partial charge < -0.3 is 24.3 Å². The van der Waals surface area contributed by atoms with Crippen LogP contribution in [-0.2, 0) is 11.3 Å². The van der Waals surface area contributed by atoms with Gasteiger partial charge >= 0.3 is 6.09 Å². The summed E-state index contributed by atoms with van der Waals surface area (Å²) in [6.45, 7) is 2.46. The van der Waals surface area contributed by atoms with Crippen molar-refractivity contribution in [1.82, 2.24) is 9.13 Å². The molecule has 1 atom stereocenters. The van der Waals surface area contributed by atoms with Crippen molar-refractivity contribution in [1.29, 1.82) is 5.26 Å². The van der Waals surface area contributed by atoms with Gasteiger partial charge in [-0.2, -0.15) is 5.26 Å². The van der Waals surface area contributed by atoms with Crippen LogP contribution in [0.15, 0.2) is 54.6 Å². The minimum Gasteiger partial charge on any atom is -0.494 e. The number of benzene rings is 2. The molecule has 0 aliphatic heterocycles. The second kappa shape index (κ2) is 10.5. The number of amides is 1. The fourth-order valence-electron chi connectivity index (χ4n) is 5.42. The number of nitrogens with zero attached hydrogens (tertiary/aromatic N) is 3. The highest BCUT2D eigenvalue weighted by Crippen LogP contribution is 2.43. The molecule has 2 fully saturated rings. The van der Waals surface area contributed by atoms with Crippen molar-refractivity contribution in [2.24, 2.45) is 5.92 Å². The van der Waals surface area contributed by atoms with Crippen molar-refractivity contribution in [3.05, 3.63) is 60.2 Å². The number of carbonyl (C=O) groups excluding carboxylic acids is 1. The van der Waals surface area contributed by atoms with Gasteiger partial charge in [0, 0.05) is 35.3 Å². The summed E-state index contributed by atoms with van der Waals surface area (Å²) in [5.41, 5.74) is 3.93. The molecule has 0 saturated heterocycles. The summed E-state index contributed by atoms with van der Waals surface area (Å²) in [6, 6.07) is 18.8. The van der Waals surface area contributed by atoms with E-state index in [4.69, 9.17) is 9.47 Å². The van der Waals surface area contributed by atoms with Crippen molar-refractivity contribution in [3.63, 3.8) is 0 Å². The van der Waals surface area contributed by atoms with Crippen LogP contribution >= 0.6 is 0 Å². The molecule has 40 heavy (non-hydrogen) atoms. The third-order valence-electron chi connectivity index (χ3n) is 8.03. The molecule has 2 heterocycles. The van der Waals surface area contributed by atoms with Gasteiger partial charge in [-0.05, 0) is 74.8 Å². The Morgan fingerprint density at radius 1 is 1.07 bits per heavy atom. The van der Waals surface area contributed by atoms with Crippen LogP contribution in [0.1, 0.15) is 50.6 Å². The molecular formula is C31H32N4O5. The van der Waals surface area contributed by atoms with Gasteiger partial charge in [0.05, 0.1) is 23.3 Å². The first-order valence-corrected chi connectivity index (χ1v) is 13.8. The molecule has 6 rings (SSSR count). The van der Waals surface area contributed by atoms with Gasteiger partial charge in [0.25, 0.3) is 0 Å². The molecule has 0 radical (unpaired) electrons. The van der Waals surface area contributed by atoms with E-state index in [1.807, 2.05) is 49.4 Å². The van der Waals surface area contributed by atoms with Crippen LogP contribution in [0.2, 0.25) is 0 Å². The van der Waals surface area contributed by atoms with Crippen LogP contribution in [0.3, 0.4) is 0 Å². The van der Waals surface area contributed by atoms with Crippen LogP contribution in [0, 0.1) is 17.2 Å². The minimum absolute atomic E-state index is 0.0235. The molecule has 4 aromatic rings. The zero-order valence-corrected chi connectivity index (χ0v) is 22.3. The molecule has 2 aromatic carbocycles. The predicted octanol–water partition coefficient (Wildman–Crippen LogP) is 6.54. The standard InChI is InChI=1S/C31H32N4O5/c1-19(20-5-6-20)40-31(38)33-22-9-7-21(8-10-22)30-26(18-32)25-12-11-24(17-27(25)35(30)23-3-2-4-23)39-16-15-34-28(36)13-14-29(34)37/h7-14,17,19-20,23,36-37H,2-6,15-16H2,1H3,(H,33,38)/t19-/m1/s1. The number of nitriles is 1. The van der Waals surface area contributed by atoms with Crippen molar-refractivity contribution in [2.75, 3.05) is 11.9 Å². The summed E-state index contributed by atoms with van der Waals surface area (Å²) >= 11 is 0. The predicted molar refractivity (Wildman–Crippen MR) is 151 cm³/mol. The Labute approximate surface area is 232 Å². The molecule has 2 aromatic heterocycles. The SMILES string of the molecule is C[C@@H](OC(=O)Nc1ccc(-c2c(C#N)c3ccc(OCCn4c(O)ccc4O)cc3n2C2CCC2)cc1)C1CC1. The number of anilines is 1. The van der Waals surface area contributed by atoms with E-state index in [0.717, 1.165) is 54.3 Å². The Bertz CT molecular complexity index is 1570. The van der Waals surface area contributed by atoms with E-state index < -0.39 is 6.09 Å². The average Bonchev–Trinajstić information content (AvgIpc) is 3.66. The summed E-state index contributed by atoms with van der Waals surface area (Å²) in [7, 11) is 0. The Balaban J connectivity index is 1.26. The molecule has 9 nitrogen and oxygen atoms in total. The summed E-state index contributed by atoms with van der Waals surface area (Å²) in [5.74, 6) is 1.07. The number of nitrogens with one attached hydrogen (secondary N) is 1. The molecule has 3 N–H and O–H groups in total. The highest BCUT2D eigenvalue weighted by Gasteiger charge is 2.31. The number of rotatable bonds is 9. The summed E-state index contributed by atoms with van der Waals surface area (Å²) in [6.07, 6.45) is 4.87. The van der Waals surface area contributed by atoms with Crippen LogP contribution in [-0.4, -0.2) is 38.2 Å². The maximum Gasteiger partial charge on any atom is 0.411 e. The van der Waals surface area contributed by atoms with Gasteiger partial charge in [-0.3, -0.25) is 9.88 Å². The number of carbonyl (C=O) groups is 1. The molecule has 0 unspecified atom stereocenters. The van der Waals surface area contributed by atoms with E-state index in [9.17, 15) is 20.3 Å². The Morgan fingerprint density at radius 3 is 2.42 bits per heavy atom. The van der Waals surface area contributed by atoms with Crippen LogP contribution in [0.4, 0.5) is 10.5 Å². The third-order valence-corrected chi connectivity index (χ3v) is 8.03. The molecular weight excluding hydrogens is 508 g/mol. The fraction of sp³-hybridized carbons (Fsp3) is 0.355. The van der Waals surface area contributed by atoms with Gasteiger partial charge in [0.2, 0.25) is 0 Å². The lowest BCUT2D eigenvalue weighted by atomic mass is 9.92. The van der Waals surface area contributed by atoms with E-state index in [2.05, 4.69) is 16.0 Å². The van der Waals surface area contributed by atoms with Crippen molar-refractivity contribution in [3.8, 4) is 34.8 Å². The van der Waals surface area contributed by atoms with Gasteiger partial charge in [-0.15, -0.1) is 0 Å². The highest BCUT2D eigenvalue weighted by atomic mass is 16.6. The Kier molecular flexibility index (Phi) is 6.76. The lowest BCUT2D eigenvalue weighted by Crippen LogP contribution is -2.21. The van der Waals surface area contributed by atoms with E-state index in [1.165, 1.54) is 16.7 Å². The number of aromatic nitrogens is 2. The van der Waals surface area contributed by atoms with E-state index in [-0.39, 0.29) is 37.1 Å². The number of aromatic hydroxyl groups is 2. The van der Waals surface area contributed by atoms with Gasteiger partial charge in [-0.25, -0.2) is 4.79 Å². The smallest absolute Gasteiger partial charge is 0.411 e. The molecule has 2 saturated carbocycles. The summed E-state index contributed by atoms with van der Waals surface area (Å²) in [4.78, 5) is 12.3. The van der Waals surface area contributed by atoms with E-state index in [0.29, 0.717) is 22.9 Å². The first kappa shape index (κ1) is 25.7. The lowest BCUT2D eigenvalue weighted by molar-refractivity contribution is 0.108. The van der Waals surface area contributed by atoms with Gasteiger partial charge in [0.1, 0.15) is 24.5 Å². The van der Waals surface area contributed by atoms with Gasteiger partial charge in [0.15, 0.2) is 11.8 Å². The fourth-order valence-corrected chi connectivity index (χ4v) is 5.42. The Morgan fingerprint density at radius 2 is 1.80 bits per heavy atom. The second-order valence-corrected chi connectivity index (χ2v) is 10.7. The maximum atomic E-state index is 12.3. The first-order chi connectivity index (χ1) is 19.4. The zero-order valence-electron chi connectivity index (χ0n) is 22.3. The maximum absolute atomic E-state index is 12.3. The van der Waals surface area contributed by atoms with Gasteiger partial charge in [-0.1, -0.05) is 12.1 Å². The van der Waals surface area contributed by atoms with Crippen LogP contribution in [0.5, 0.6) is 17.5 Å². The van der Waals surface area contributed by atoms with E-state index >= 15 is 0 Å². The topological polar surface area (TPSA) is 122 Å². The number of ether oxygens (including phenoxy) is 2. The molecule has 2 aliphatic carbocycles. The van der Waals surface area contributed by atoms with Crippen LogP contribution < -0.4 is 10.1 Å². The second-order valence-electron chi connectivity index (χ2n) is 10.7. The lowest BCUT2D eigenvalue weighted by Gasteiger charge is -2.30. The third kappa shape index (κ3) is 4.93. The molecule has 9 heteroatoms. The minimum atomic E-state index is -0.455. The van der Waals surface area contributed by atoms with Crippen molar-refractivity contribution >= 4 is 22.7 Å². The van der Waals surface area contributed by atoms with Crippen molar-refractivity contribution in [2.45, 2.75) is 57.7 Å². The quantitative estimate of drug-likeness (QED) is 0.221. The van der Waals surface area contributed by atoms with E-state index in [1.54, 1.807) is 0 Å². The number of hydrogen-bond acceptors (Lipinski definition) is 6. The molecule has 2 aliphatic rings. The van der Waals surface area contributed by atoms with Crippen molar-refractivity contribution < 1.29 is 24.5 Å². The largest absolute Gasteiger partial charge is 0.494 e. The summed E-state index contributed by atoms with van der Waals surface area (Å²) < 4.78 is 15.1.